The molecule has 1 aromatic rings. The van der Waals surface area contributed by atoms with Gasteiger partial charge in [0.05, 0.1) is 13.1 Å². The Balaban J connectivity index is 2.69. The summed E-state index contributed by atoms with van der Waals surface area (Å²) in [6.45, 7) is -1.17. The van der Waals surface area contributed by atoms with E-state index in [4.69, 9.17) is 5.73 Å². The summed E-state index contributed by atoms with van der Waals surface area (Å²) in [4.78, 5) is 1.34. The SMILES string of the molecule is CN(CC(F)(F)CN)c1ccc(F)cc1. The molecule has 0 radical (unpaired) electrons. The molecule has 1 rings (SSSR count). The summed E-state index contributed by atoms with van der Waals surface area (Å²) in [6, 6.07) is 5.35. The van der Waals surface area contributed by atoms with Crippen molar-refractivity contribution in [1.82, 2.24) is 0 Å². The van der Waals surface area contributed by atoms with Gasteiger partial charge in [-0.15, -0.1) is 0 Å². The predicted molar refractivity (Wildman–Crippen MR) is 53.7 cm³/mol. The van der Waals surface area contributed by atoms with Crippen molar-refractivity contribution in [2.75, 3.05) is 25.0 Å². The highest BCUT2D eigenvalue weighted by molar-refractivity contribution is 5.45. The molecule has 84 valence electrons. The third kappa shape index (κ3) is 3.43. The van der Waals surface area contributed by atoms with Gasteiger partial charge in [0.2, 0.25) is 0 Å². The zero-order valence-corrected chi connectivity index (χ0v) is 8.38. The highest BCUT2D eigenvalue weighted by atomic mass is 19.3. The number of nitrogens with zero attached hydrogens (tertiary/aromatic N) is 1. The molecular weight excluding hydrogens is 205 g/mol. The topological polar surface area (TPSA) is 29.3 Å². The molecule has 0 heterocycles. The number of alkyl halides is 2. The van der Waals surface area contributed by atoms with Crippen LogP contribution in [-0.4, -0.2) is 26.1 Å². The molecule has 5 heteroatoms. The minimum Gasteiger partial charge on any atom is -0.369 e. The van der Waals surface area contributed by atoms with Crippen molar-refractivity contribution in [1.29, 1.82) is 0 Å². The van der Waals surface area contributed by atoms with Crippen LogP contribution >= 0.6 is 0 Å². The van der Waals surface area contributed by atoms with E-state index in [9.17, 15) is 13.2 Å². The summed E-state index contributed by atoms with van der Waals surface area (Å²) in [7, 11) is 1.51. The summed E-state index contributed by atoms with van der Waals surface area (Å²) in [5.74, 6) is -3.32. The lowest BCUT2D eigenvalue weighted by molar-refractivity contribution is 0.0199. The van der Waals surface area contributed by atoms with Crippen molar-refractivity contribution in [3.05, 3.63) is 30.1 Å². The van der Waals surface area contributed by atoms with Crippen molar-refractivity contribution in [2.45, 2.75) is 5.92 Å². The average molecular weight is 218 g/mol. The second kappa shape index (κ2) is 4.53. The first-order valence-electron chi connectivity index (χ1n) is 4.49. The first-order chi connectivity index (χ1) is 6.94. The van der Waals surface area contributed by atoms with Crippen LogP contribution in [0.5, 0.6) is 0 Å². The van der Waals surface area contributed by atoms with Gasteiger partial charge in [-0.3, -0.25) is 0 Å². The van der Waals surface area contributed by atoms with Gasteiger partial charge < -0.3 is 10.6 Å². The lowest BCUT2D eigenvalue weighted by Crippen LogP contribution is -2.40. The second-order valence-electron chi connectivity index (χ2n) is 3.39. The zero-order chi connectivity index (χ0) is 11.5. The zero-order valence-electron chi connectivity index (χ0n) is 8.38. The molecule has 0 spiro atoms. The van der Waals surface area contributed by atoms with Crippen molar-refractivity contribution in [3.63, 3.8) is 0 Å². The van der Waals surface area contributed by atoms with E-state index < -0.39 is 24.8 Å². The van der Waals surface area contributed by atoms with Crippen LogP contribution < -0.4 is 10.6 Å². The van der Waals surface area contributed by atoms with E-state index >= 15 is 0 Å². The summed E-state index contributed by atoms with van der Waals surface area (Å²) >= 11 is 0. The number of rotatable bonds is 4. The molecule has 0 aliphatic rings. The Morgan fingerprint density at radius 3 is 2.27 bits per heavy atom. The van der Waals surface area contributed by atoms with Gasteiger partial charge in [0, 0.05) is 12.7 Å². The molecule has 2 nitrogen and oxygen atoms in total. The maximum absolute atomic E-state index is 12.9. The number of nitrogens with two attached hydrogens (primary N) is 1. The molecular formula is C10H13F3N2. The fourth-order valence-corrected chi connectivity index (χ4v) is 1.20. The molecule has 0 aromatic heterocycles. The van der Waals surface area contributed by atoms with Crippen LogP contribution in [0.15, 0.2) is 24.3 Å². The maximum atomic E-state index is 12.9. The number of hydrogen-bond acceptors (Lipinski definition) is 2. The second-order valence-corrected chi connectivity index (χ2v) is 3.39. The Morgan fingerprint density at radius 1 is 1.27 bits per heavy atom. The quantitative estimate of drug-likeness (QED) is 0.835. The van der Waals surface area contributed by atoms with Gasteiger partial charge >= 0.3 is 0 Å². The molecule has 0 saturated carbocycles. The third-order valence-corrected chi connectivity index (χ3v) is 2.03. The van der Waals surface area contributed by atoms with Crippen molar-refractivity contribution >= 4 is 5.69 Å². The molecule has 0 amide bonds. The Bertz CT molecular complexity index is 311. The van der Waals surface area contributed by atoms with Gasteiger partial charge in [-0.25, -0.2) is 13.2 Å². The smallest absolute Gasteiger partial charge is 0.277 e. The summed E-state index contributed by atoms with van der Waals surface area (Å²) < 4.78 is 38.4. The lowest BCUT2D eigenvalue weighted by Gasteiger charge is -2.24. The fraction of sp³-hybridized carbons (Fsp3) is 0.400. The van der Waals surface area contributed by atoms with Crippen LogP contribution in [0.3, 0.4) is 0 Å². The Morgan fingerprint density at radius 2 is 1.80 bits per heavy atom. The van der Waals surface area contributed by atoms with E-state index in [1.807, 2.05) is 0 Å². The fourth-order valence-electron chi connectivity index (χ4n) is 1.20. The number of halogens is 3. The van der Waals surface area contributed by atoms with E-state index in [1.165, 1.54) is 36.2 Å². The van der Waals surface area contributed by atoms with Crippen LogP contribution in [0, 0.1) is 5.82 Å². The Hall–Kier alpha value is -1.23. The molecule has 0 saturated heterocycles. The van der Waals surface area contributed by atoms with Crippen LogP contribution in [-0.2, 0) is 0 Å². The molecule has 0 aliphatic heterocycles. The van der Waals surface area contributed by atoms with E-state index in [1.54, 1.807) is 0 Å². The summed E-state index contributed by atoms with van der Waals surface area (Å²) in [6.07, 6.45) is 0. The molecule has 0 aliphatic carbocycles. The maximum Gasteiger partial charge on any atom is 0.277 e. The van der Waals surface area contributed by atoms with Gasteiger partial charge in [0.25, 0.3) is 5.92 Å². The van der Waals surface area contributed by atoms with Gasteiger partial charge in [0.1, 0.15) is 5.82 Å². The molecule has 0 unspecified atom stereocenters. The third-order valence-electron chi connectivity index (χ3n) is 2.03. The average Bonchev–Trinajstić information content (AvgIpc) is 2.18. The highest BCUT2D eigenvalue weighted by Crippen LogP contribution is 2.18. The Kier molecular flexibility index (Phi) is 3.57. The Labute approximate surface area is 86.5 Å². The highest BCUT2D eigenvalue weighted by Gasteiger charge is 2.28. The largest absolute Gasteiger partial charge is 0.369 e. The van der Waals surface area contributed by atoms with Crippen molar-refractivity contribution < 1.29 is 13.2 Å². The van der Waals surface area contributed by atoms with E-state index in [2.05, 4.69) is 0 Å². The number of anilines is 1. The molecule has 2 N–H and O–H groups in total. The minimum absolute atomic E-state index is 0.391. The molecule has 1 aromatic carbocycles. The van der Waals surface area contributed by atoms with Gasteiger partial charge in [-0.2, -0.15) is 0 Å². The standard InChI is InChI=1S/C10H13F3N2/c1-15(7-10(12,13)6-14)9-4-2-8(11)3-5-9/h2-5H,6-7,14H2,1H3. The lowest BCUT2D eigenvalue weighted by atomic mass is 10.2. The molecule has 0 atom stereocenters. The van der Waals surface area contributed by atoms with Gasteiger partial charge in [-0.05, 0) is 24.3 Å². The van der Waals surface area contributed by atoms with Crippen LogP contribution in [0.4, 0.5) is 18.9 Å². The van der Waals surface area contributed by atoms with Crippen molar-refractivity contribution in [3.8, 4) is 0 Å². The molecule has 0 bridgehead atoms. The normalized spacial score (nSPS) is 11.5. The first-order valence-corrected chi connectivity index (χ1v) is 4.49. The number of hydrogen-bond donors (Lipinski definition) is 1. The van der Waals surface area contributed by atoms with Crippen LogP contribution in [0.25, 0.3) is 0 Å². The van der Waals surface area contributed by atoms with E-state index in [-0.39, 0.29) is 0 Å². The summed E-state index contributed by atoms with van der Waals surface area (Å²) in [5.41, 5.74) is 5.45. The van der Waals surface area contributed by atoms with Crippen molar-refractivity contribution in [2.24, 2.45) is 5.73 Å². The first kappa shape index (κ1) is 11.8. The predicted octanol–water partition coefficient (Wildman–Crippen LogP) is 1.86. The monoisotopic (exact) mass is 218 g/mol. The van der Waals surface area contributed by atoms with Gasteiger partial charge in [-0.1, -0.05) is 0 Å². The van der Waals surface area contributed by atoms with E-state index in [0.29, 0.717) is 5.69 Å². The van der Waals surface area contributed by atoms with E-state index in [0.717, 1.165) is 0 Å². The van der Waals surface area contributed by atoms with Gasteiger partial charge in [0.15, 0.2) is 0 Å². The molecule has 0 fully saturated rings. The number of benzene rings is 1. The summed E-state index contributed by atoms with van der Waals surface area (Å²) in [5, 5.41) is 0. The van der Waals surface area contributed by atoms with Crippen LogP contribution in [0.2, 0.25) is 0 Å². The molecule has 15 heavy (non-hydrogen) atoms. The minimum atomic E-state index is -2.93. The van der Waals surface area contributed by atoms with Crippen LogP contribution in [0.1, 0.15) is 0 Å².